The molecule has 0 aliphatic heterocycles. The molecule has 0 aromatic heterocycles. The molecule has 0 rings (SSSR count). The van der Waals surface area contributed by atoms with Crippen molar-refractivity contribution in [2.45, 2.75) is 13.3 Å². The summed E-state index contributed by atoms with van der Waals surface area (Å²) in [6, 6.07) is 0. The van der Waals surface area contributed by atoms with Gasteiger partial charge in [-0.2, -0.15) is 0 Å². The Kier molecular flexibility index (Phi) is 3.85. The Balaban J connectivity index is 3.34. The zero-order valence-corrected chi connectivity index (χ0v) is 5.05. The predicted octanol–water partition coefficient (Wildman–Crippen LogP) is 1.71. The van der Waals surface area contributed by atoms with E-state index < -0.39 is 0 Å². The van der Waals surface area contributed by atoms with Crippen LogP contribution in [0.1, 0.15) is 13.3 Å². The molecule has 0 saturated heterocycles. The molecule has 0 radical (unpaired) electrons. The van der Waals surface area contributed by atoms with E-state index in [1.54, 1.807) is 18.2 Å². The standard InChI is InChI=1S/C7H10O/c1-3-4-5-6-7(2)8/h3,5-6H,1,4H2,2H3/b6-5+. The largest absolute Gasteiger partial charge is 0.295 e. The lowest BCUT2D eigenvalue weighted by molar-refractivity contribution is -0.112. The lowest BCUT2D eigenvalue weighted by atomic mass is 10.3. The molecule has 0 aliphatic carbocycles. The van der Waals surface area contributed by atoms with Crippen molar-refractivity contribution < 1.29 is 4.79 Å². The highest BCUT2D eigenvalue weighted by Crippen LogP contribution is 1.82. The number of hydrogen-bond donors (Lipinski definition) is 0. The normalized spacial score (nSPS) is 9.62. The summed E-state index contributed by atoms with van der Waals surface area (Å²) in [6.45, 7) is 5.02. The molecule has 0 atom stereocenters. The van der Waals surface area contributed by atoms with Crippen LogP contribution in [0.25, 0.3) is 0 Å². The summed E-state index contributed by atoms with van der Waals surface area (Å²) in [5, 5.41) is 0. The van der Waals surface area contributed by atoms with E-state index in [0.717, 1.165) is 6.42 Å². The van der Waals surface area contributed by atoms with E-state index in [2.05, 4.69) is 6.58 Å². The third kappa shape index (κ3) is 5.15. The van der Waals surface area contributed by atoms with Crippen molar-refractivity contribution in [1.29, 1.82) is 0 Å². The van der Waals surface area contributed by atoms with Gasteiger partial charge in [0.15, 0.2) is 5.78 Å². The predicted molar refractivity (Wildman–Crippen MR) is 34.6 cm³/mol. The van der Waals surface area contributed by atoms with Crippen LogP contribution in [0.5, 0.6) is 0 Å². The molecule has 0 saturated carbocycles. The van der Waals surface area contributed by atoms with Crippen molar-refractivity contribution in [2.24, 2.45) is 0 Å². The number of hydrogen-bond acceptors (Lipinski definition) is 1. The van der Waals surface area contributed by atoms with Crippen LogP contribution in [-0.4, -0.2) is 5.78 Å². The summed E-state index contributed by atoms with van der Waals surface area (Å²) < 4.78 is 0. The van der Waals surface area contributed by atoms with Crippen molar-refractivity contribution in [1.82, 2.24) is 0 Å². The van der Waals surface area contributed by atoms with E-state index in [4.69, 9.17) is 0 Å². The van der Waals surface area contributed by atoms with Gasteiger partial charge >= 0.3 is 0 Å². The van der Waals surface area contributed by atoms with Crippen molar-refractivity contribution >= 4 is 5.78 Å². The molecular formula is C7H10O. The SMILES string of the molecule is C=CC/C=C/C(C)=O. The van der Waals surface area contributed by atoms with E-state index in [-0.39, 0.29) is 5.78 Å². The summed E-state index contributed by atoms with van der Waals surface area (Å²) in [4.78, 5) is 10.2. The highest BCUT2D eigenvalue weighted by Gasteiger charge is 1.76. The van der Waals surface area contributed by atoms with Gasteiger partial charge in [-0.05, 0) is 19.4 Å². The maximum absolute atomic E-state index is 10.2. The fraction of sp³-hybridized carbons (Fsp3) is 0.286. The van der Waals surface area contributed by atoms with Crippen LogP contribution in [0.4, 0.5) is 0 Å². The van der Waals surface area contributed by atoms with Crippen molar-refractivity contribution in [2.75, 3.05) is 0 Å². The highest BCUT2D eigenvalue weighted by molar-refractivity contribution is 5.87. The van der Waals surface area contributed by atoms with Gasteiger partial charge in [0, 0.05) is 0 Å². The second-order valence-corrected chi connectivity index (χ2v) is 1.54. The molecule has 0 fully saturated rings. The summed E-state index contributed by atoms with van der Waals surface area (Å²) in [5.74, 6) is 0.0897. The van der Waals surface area contributed by atoms with Gasteiger partial charge in [0.2, 0.25) is 0 Å². The van der Waals surface area contributed by atoms with Gasteiger partial charge in [-0.3, -0.25) is 4.79 Å². The third-order valence-corrected chi connectivity index (χ3v) is 0.655. The average Bonchev–Trinajstić information content (AvgIpc) is 1.66. The van der Waals surface area contributed by atoms with Crippen LogP contribution in [0.3, 0.4) is 0 Å². The van der Waals surface area contributed by atoms with Gasteiger partial charge in [0.1, 0.15) is 0 Å². The first-order valence-corrected chi connectivity index (χ1v) is 2.55. The molecule has 0 aromatic carbocycles. The lowest BCUT2D eigenvalue weighted by Gasteiger charge is -1.76. The topological polar surface area (TPSA) is 17.1 Å². The second kappa shape index (κ2) is 4.31. The summed E-state index contributed by atoms with van der Waals surface area (Å²) in [5.41, 5.74) is 0. The summed E-state index contributed by atoms with van der Waals surface area (Å²) >= 11 is 0. The average molecular weight is 110 g/mol. The molecule has 0 unspecified atom stereocenters. The molecule has 1 nitrogen and oxygen atoms in total. The molecule has 0 aliphatic rings. The number of carbonyl (C=O) groups excluding carboxylic acids is 1. The van der Waals surface area contributed by atoms with Crippen LogP contribution in [-0.2, 0) is 4.79 Å². The van der Waals surface area contributed by atoms with Gasteiger partial charge in [0.05, 0.1) is 0 Å². The zero-order valence-electron chi connectivity index (χ0n) is 5.05. The lowest BCUT2D eigenvalue weighted by Crippen LogP contribution is -1.77. The molecule has 0 aromatic rings. The monoisotopic (exact) mass is 110 g/mol. The maximum Gasteiger partial charge on any atom is 0.152 e. The second-order valence-electron chi connectivity index (χ2n) is 1.54. The van der Waals surface area contributed by atoms with Crippen molar-refractivity contribution in [3.05, 3.63) is 24.8 Å². The molecule has 0 amide bonds. The van der Waals surface area contributed by atoms with E-state index in [9.17, 15) is 4.79 Å². The smallest absolute Gasteiger partial charge is 0.152 e. The van der Waals surface area contributed by atoms with Crippen LogP contribution in [0.2, 0.25) is 0 Å². The van der Waals surface area contributed by atoms with Crippen molar-refractivity contribution in [3.8, 4) is 0 Å². The minimum absolute atomic E-state index is 0.0897. The molecule has 0 bridgehead atoms. The number of allylic oxidation sites excluding steroid dienone is 3. The van der Waals surface area contributed by atoms with Gasteiger partial charge in [0.25, 0.3) is 0 Å². The fourth-order valence-electron chi connectivity index (χ4n) is 0.330. The first-order valence-electron chi connectivity index (χ1n) is 2.55. The molecular weight excluding hydrogens is 100 g/mol. The molecule has 0 heterocycles. The summed E-state index contributed by atoms with van der Waals surface area (Å²) in [7, 11) is 0. The van der Waals surface area contributed by atoms with E-state index in [1.165, 1.54) is 6.92 Å². The first kappa shape index (κ1) is 7.15. The van der Waals surface area contributed by atoms with Gasteiger partial charge in [-0.1, -0.05) is 12.2 Å². The summed E-state index contributed by atoms with van der Waals surface area (Å²) in [6.07, 6.45) is 5.86. The van der Waals surface area contributed by atoms with Crippen LogP contribution in [0, 0.1) is 0 Å². The Labute approximate surface area is 49.7 Å². The van der Waals surface area contributed by atoms with Crippen LogP contribution in [0.15, 0.2) is 24.8 Å². The fourth-order valence-corrected chi connectivity index (χ4v) is 0.330. The highest BCUT2D eigenvalue weighted by atomic mass is 16.1. The minimum atomic E-state index is 0.0897. The van der Waals surface area contributed by atoms with E-state index in [0.29, 0.717) is 0 Å². The van der Waals surface area contributed by atoms with Crippen LogP contribution >= 0.6 is 0 Å². The quantitative estimate of drug-likeness (QED) is 0.399. The Bertz CT molecular complexity index is 112. The Morgan fingerprint density at radius 1 is 1.75 bits per heavy atom. The third-order valence-electron chi connectivity index (χ3n) is 0.655. The molecule has 0 spiro atoms. The molecule has 0 N–H and O–H groups in total. The number of carbonyl (C=O) groups is 1. The number of rotatable bonds is 3. The molecule has 44 valence electrons. The van der Waals surface area contributed by atoms with Gasteiger partial charge in [-0.15, -0.1) is 6.58 Å². The Morgan fingerprint density at radius 3 is 2.75 bits per heavy atom. The van der Waals surface area contributed by atoms with Gasteiger partial charge < -0.3 is 0 Å². The Hall–Kier alpha value is -0.850. The van der Waals surface area contributed by atoms with Gasteiger partial charge in [-0.25, -0.2) is 0 Å². The molecule has 1 heteroatoms. The maximum atomic E-state index is 10.2. The van der Waals surface area contributed by atoms with Crippen molar-refractivity contribution in [3.63, 3.8) is 0 Å². The first-order chi connectivity index (χ1) is 3.77. The van der Waals surface area contributed by atoms with E-state index in [1.807, 2.05) is 0 Å². The van der Waals surface area contributed by atoms with E-state index >= 15 is 0 Å². The Morgan fingerprint density at radius 2 is 2.38 bits per heavy atom. The van der Waals surface area contributed by atoms with Crippen LogP contribution < -0.4 is 0 Å². The number of ketones is 1. The molecule has 8 heavy (non-hydrogen) atoms. The zero-order chi connectivity index (χ0) is 6.41. The minimum Gasteiger partial charge on any atom is -0.295 e.